The fraction of sp³-hybridized carbons (Fsp3) is 0.800. The molecule has 0 spiro atoms. The summed E-state index contributed by atoms with van der Waals surface area (Å²) < 4.78 is 0. The van der Waals surface area contributed by atoms with Gasteiger partial charge in [-0.2, -0.15) is 0 Å². The number of likely N-dealkylation sites (N-methyl/N-ethyl adjacent to an activating group) is 1. The Morgan fingerprint density at radius 3 is 2.44 bits per heavy atom. The molecular formula is C10H19N3O3. The standard InChI is InChI=1S/C10H19N3O3/c1-7(14)13(16-3)8-4-5-9(10(11)15)12(2)6-8/h8-9H,4-6H2,1-3H3,(H2,11,15)/t8-,9+/m1/s1. The van der Waals surface area contributed by atoms with Gasteiger partial charge in [-0.25, -0.2) is 5.06 Å². The summed E-state index contributed by atoms with van der Waals surface area (Å²) in [5.74, 6) is -0.439. The molecule has 16 heavy (non-hydrogen) atoms. The van der Waals surface area contributed by atoms with Gasteiger partial charge in [0.1, 0.15) is 0 Å². The number of hydrogen-bond acceptors (Lipinski definition) is 4. The number of nitrogens with two attached hydrogens (primary N) is 1. The molecule has 0 bridgehead atoms. The van der Waals surface area contributed by atoms with Gasteiger partial charge in [0, 0.05) is 13.5 Å². The quantitative estimate of drug-likeness (QED) is 0.652. The zero-order valence-electron chi connectivity index (χ0n) is 9.97. The highest BCUT2D eigenvalue weighted by Gasteiger charge is 2.33. The average molecular weight is 229 g/mol. The molecule has 0 saturated carbocycles. The summed E-state index contributed by atoms with van der Waals surface area (Å²) in [7, 11) is 3.30. The molecule has 6 nitrogen and oxygen atoms in total. The maximum atomic E-state index is 11.3. The highest BCUT2D eigenvalue weighted by atomic mass is 16.7. The van der Waals surface area contributed by atoms with E-state index in [1.807, 2.05) is 11.9 Å². The van der Waals surface area contributed by atoms with Crippen LogP contribution >= 0.6 is 0 Å². The van der Waals surface area contributed by atoms with Crippen molar-refractivity contribution in [3.8, 4) is 0 Å². The third-order valence-electron chi connectivity index (χ3n) is 2.97. The molecule has 1 rings (SSSR count). The normalized spacial score (nSPS) is 26.4. The Labute approximate surface area is 95.3 Å². The van der Waals surface area contributed by atoms with Crippen LogP contribution in [0.4, 0.5) is 0 Å². The molecule has 0 aromatic rings. The van der Waals surface area contributed by atoms with Crippen molar-refractivity contribution in [1.29, 1.82) is 0 Å². The van der Waals surface area contributed by atoms with E-state index >= 15 is 0 Å². The van der Waals surface area contributed by atoms with Gasteiger partial charge < -0.3 is 5.73 Å². The monoisotopic (exact) mass is 229 g/mol. The van der Waals surface area contributed by atoms with Crippen molar-refractivity contribution in [1.82, 2.24) is 9.96 Å². The summed E-state index contributed by atoms with van der Waals surface area (Å²) in [5.41, 5.74) is 5.28. The number of amides is 2. The van der Waals surface area contributed by atoms with Crippen molar-refractivity contribution < 1.29 is 14.4 Å². The third-order valence-corrected chi connectivity index (χ3v) is 2.97. The molecule has 0 aliphatic carbocycles. The molecule has 1 heterocycles. The Morgan fingerprint density at radius 2 is 2.06 bits per heavy atom. The minimum Gasteiger partial charge on any atom is -0.368 e. The minimum absolute atomic E-state index is 0.0110. The van der Waals surface area contributed by atoms with Gasteiger partial charge in [0.05, 0.1) is 19.2 Å². The van der Waals surface area contributed by atoms with Gasteiger partial charge in [-0.15, -0.1) is 0 Å². The number of nitrogens with zero attached hydrogens (tertiary/aromatic N) is 2. The fourth-order valence-electron chi connectivity index (χ4n) is 2.21. The van der Waals surface area contributed by atoms with E-state index in [1.165, 1.54) is 19.1 Å². The lowest BCUT2D eigenvalue weighted by Gasteiger charge is -2.39. The van der Waals surface area contributed by atoms with E-state index in [0.717, 1.165) is 6.42 Å². The molecule has 2 N–H and O–H groups in total. The van der Waals surface area contributed by atoms with Crippen molar-refractivity contribution in [3.63, 3.8) is 0 Å². The topological polar surface area (TPSA) is 75.9 Å². The predicted molar refractivity (Wildman–Crippen MR) is 58.2 cm³/mol. The molecule has 92 valence electrons. The Kier molecular flexibility index (Phi) is 4.26. The number of hydrogen-bond donors (Lipinski definition) is 1. The van der Waals surface area contributed by atoms with Gasteiger partial charge in [0.15, 0.2) is 0 Å². The number of piperidine rings is 1. The number of hydroxylamine groups is 2. The van der Waals surface area contributed by atoms with Crippen LogP contribution in [0.3, 0.4) is 0 Å². The zero-order valence-corrected chi connectivity index (χ0v) is 9.97. The van der Waals surface area contributed by atoms with Crippen LogP contribution in [-0.2, 0) is 14.4 Å². The van der Waals surface area contributed by atoms with Crippen molar-refractivity contribution in [3.05, 3.63) is 0 Å². The van der Waals surface area contributed by atoms with Crippen molar-refractivity contribution >= 4 is 11.8 Å². The summed E-state index contributed by atoms with van der Waals surface area (Å²) in [4.78, 5) is 29.3. The number of carbonyl (C=O) groups is 2. The number of carbonyl (C=O) groups excluding carboxylic acids is 2. The van der Waals surface area contributed by atoms with Crippen LogP contribution in [-0.4, -0.2) is 54.6 Å². The summed E-state index contributed by atoms with van der Waals surface area (Å²) in [5, 5.41) is 1.35. The second kappa shape index (κ2) is 5.27. The Hall–Kier alpha value is -1.14. The molecule has 0 radical (unpaired) electrons. The second-order valence-corrected chi connectivity index (χ2v) is 4.12. The Balaban J connectivity index is 2.63. The van der Waals surface area contributed by atoms with Crippen LogP contribution in [0.5, 0.6) is 0 Å². The van der Waals surface area contributed by atoms with Crippen LogP contribution in [0.2, 0.25) is 0 Å². The molecule has 2 atom stereocenters. The molecule has 1 aliphatic rings. The smallest absolute Gasteiger partial charge is 0.243 e. The van der Waals surface area contributed by atoms with E-state index in [4.69, 9.17) is 10.6 Å². The van der Waals surface area contributed by atoms with E-state index < -0.39 is 0 Å². The first-order valence-corrected chi connectivity index (χ1v) is 5.30. The average Bonchev–Trinajstić information content (AvgIpc) is 2.17. The van der Waals surface area contributed by atoms with Gasteiger partial charge in [0.2, 0.25) is 11.8 Å². The van der Waals surface area contributed by atoms with Crippen molar-refractivity contribution in [2.75, 3.05) is 20.7 Å². The molecular weight excluding hydrogens is 210 g/mol. The van der Waals surface area contributed by atoms with E-state index in [0.29, 0.717) is 13.0 Å². The number of rotatable bonds is 3. The van der Waals surface area contributed by atoms with Crippen LogP contribution in [0.15, 0.2) is 0 Å². The molecule has 2 amide bonds. The first-order valence-electron chi connectivity index (χ1n) is 5.30. The maximum Gasteiger partial charge on any atom is 0.243 e. The first-order chi connectivity index (χ1) is 7.47. The van der Waals surface area contributed by atoms with Crippen molar-refractivity contribution in [2.24, 2.45) is 5.73 Å². The van der Waals surface area contributed by atoms with Gasteiger partial charge in [-0.1, -0.05) is 0 Å². The summed E-state index contributed by atoms with van der Waals surface area (Å²) in [6.45, 7) is 2.06. The van der Waals surface area contributed by atoms with Gasteiger partial charge in [0.25, 0.3) is 0 Å². The van der Waals surface area contributed by atoms with Gasteiger partial charge in [-0.3, -0.25) is 19.3 Å². The minimum atomic E-state index is -0.312. The summed E-state index contributed by atoms with van der Waals surface area (Å²) in [6, 6.07) is -0.245. The second-order valence-electron chi connectivity index (χ2n) is 4.12. The molecule has 0 aromatic carbocycles. The largest absolute Gasteiger partial charge is 0.368 e. The lowest BCUT2D eigenvalue weighted by molar-refractivity contribution is -0.191. The van der Waals surface area contributed by atoms with Crippen molar-refractivity contribution in [2.45, 2.75) is 31.8 Å². The molecule has 0 aromatic heterocycles. The Morgan fingerprint density at radius 1 is 1.44 bits per heavy atom. The predicted octanol–water partition coefficient (Wildman–Crippen LogP) is -0.656. The van der Waals surface area contributed by atoms with Crippen LogP contribution in [0.1, 0.15) is 19.8 Å². The van der Waals surface area contributed by atoms with E-state index in [1.54, 1.807) is 0 Å². The Bertz CT molecular complexity index is 282. The molecule has 1 aliphatic heterocycles. The number of primary amides is 1. The van der Waals surface area contributed by atoms with E-state index in [2.05, 4.69) is 0 Å². The summed E-state index contributed by atoms with van der Waals surface area (Å²) >= 11 is 0. The van der Waals surface area contributed by atoms with E-state index in [-0.39, 0.29) is 23.9 Å². The SMILES string of the molecule is CON(C(C)=O)[C@@H]1CC[C@@H](C(N)=O)N(C)C1. The lowest BCUT2D eigenvalue weighted by atomic mass is 9.98. The molecule has 0 unspecified atom stereocenters. The summed E-state index contributed by atoms with van der Waals surface area (Å²) in [6.07, 6.45) is 1.38. The molecule has 6 heteroatoms. The van der Waals surface area contributed by atoms with E-state index in [9.17, 15) is 9.59 Å². The molecule has 1 fully saturated rings. The maximum absolute atomic E-state index is 11.3. The lowest BCUT2D eigenvalue weighted by Crippen LogP contribution is -2.54. The third kappa shape index (κ3) is 2.70. The highest BCUT2D eigenvalue weighted by Crippen LogP contribution is 2.19. The fourth-order valence-corrected chi connectivity index (χ4v) is 2.21. The first kappa shape index (κ1) is 12.9. The number of likely N-dealkylation sites (tertiary alicyclic amines) is 1. The van der Waals surface area contributed by atoms with Crippen LogP contribution in [0.25, 0.3) is 0 Å². The van der Waals surface area contributed by atoms with Crippen LogP contribution < -0.4 is 5.73 Å². The zero-order chi connectivity index (χ0) is 12.3. The highest BCUT2D eigenvalue weighted by molar-refractivity contribution is 5.80. The van der Waals surface area contributed by atoms with Gasteiger partial charge >= 0.3 is 0 Å². The van der Waals surface area contributed by atoms with Gasteiger partial charge in [-0.05, 0) is 19.9 Å². The van der Waals surface area contributed by atoms with Crippen LogP contribution in [0, 0.1) is 0 Å². The molecule has 1 saturated heterocycles.